The van der Waals surface area contributed by atoms with Crippen LogP contribution >= 0.6 is 0 Å². The van der Waals surface area contributed by atoms with Gasteiger partial charge in [-0.05, 0) is 40.3 Å². The molecule has 0 atom stereocenters. The number of carbonyl (C=O) groups is 1. The van der Waals surface area contributed by atoms with Gasteiger partial charge in [0.1, 0.15) is 0 Å². The number of carbonyl (C=O) groups excluding carboxylic acids is 1. The Balaban J connectivity index is 1.52. The van der Waals surface area contributed by atoms with Crippen LogP contribution in [0.25, 0.3) is 0 Å². The van der Waals surface area contributed by atoms with E-state index in [0.29, 0.717) is 24.7 Å². The fourth-order valence-corrected chi connectivity index (χ4v) is 3.49. The molecular formula is C23H36N4O4. The van der Waals surface area contributed by atoms with E-state index in [2.05, 4.69) is 21.8 Å². The fraction of sp³-hybridized carbons (Fsp3) is 0.652. The Morgan fingerprint density at radius 3 is 2.55 bits per heavy atom. The van der Waals surface area contributed by atoms with Crippen molar-refractivity contribution >= 4 is 18.0 Å². The minimum atomic E-state index is -0.523. The van der Waals surface area contributed by atoms with Crippen molar-refractivity contribution in [2.24, 2.45) is 10.4 Å². The summed E-state index contributed by atoms with van der Waals surface area (Å²) in [5.41, 5.74) is 1.34. The molecule has 1 fully saturated rings. The molecule has 0 spiro atoms. The molecule has 0 aliphatic carbocycles. The maximum Gasteiger partial charge on any atom is 0.312 e. The molecule has 0 saturated carbocycles. The molecule has 8 heteroatoms. The van der Waals surface area contributed by atoms with Gasteiger partial charge >= 0.3 is 5.97 Å². The zero-order valence-electron chi connectivity index (χ0n) is 19.5. The van der Waals surface area contributed by atoms with Gasteiger partial charge in [-0.3, -0.25) is 4.79 Å². The standard InChI is InChI=1S/C23H36N4O4/c1-23(2,3)22(28)31-17-27-15-18-13-20(29-5)21(14-19(18)24-16-27)30-12-6-7-26-10-8-25(4)9-11-26/h13-14,16H,6-12,15,17H2,1-5H3. The Kier molecular flexibility index (Phi) is 7.78. The number of likely N-dealkylation sites (N-methyl/N-ethyl adjacent to an activating group) is 1. The lowest BCUT2D eigenvalue weighted by Crippen LogP contribution is -2.44. The van der Waals surface area contributed by atoms with E-state index in [9.17, 15) is 4.79 Å². The third kappa shape index (κ3) is 6.58. The van der Waals surface area contributed by atoms with Crippen molar-refractivity contribution in [1.82, 2.24) is 14.7 Å². The highest BCUT2D eigenvalue weighted by Crippen LogP contribution is 2.37. The van der Waals surface area contributed by atoms with Crippen LogP contribution in [-0.2, 0) is 16.1 Å². The first-order valence-electron chi connectivity index (χ1n) is 11.0. The maximum atomic E-state index is 12.0. The van der Waals surface area contributed by atoms with E-state index < -0.39 is 5.41 Å². The summed E-state index contributed by atoms with van der Waals surface area (Å²) in [6, 6.07) is 3.89. The lowest BCUT2D eigenvalue weighted by Gasteiger charge is -2.32. The Labute approximate surface area is 185 Å². The van der Waals surface area contributed by atoms with E-state index in [1.807, 2.05) is 37.8 Å². The summed E-state index contributed by atoms with van der Waals surface area (Å²) in [5.74, 6) is 1.18. The molecule has 1 aromatic carbocycles. The second kappa shape index (κ2) is 10.3. The Hall–Kier alpha value is -2.32. The quantitative estimate of drug-likeness (QED) is 0.462. The number of methoxy groups -OCH3 is 1. The van der Waals surface area contributed by atoms with Crippen LogP contribution in [0.3, 0.4) is 0 Å². The molecule has 1 saturated heterocycles. The highest BCUT2D eigenvalue weighted by Gasteiger charge is 2.24. The monoisotopic (exact) mass is 432 g/mol. The van der Waals surface area contributed by atoms with Crippen molar-refractivity contribution in [1.29, 1.82) is 0 Å². The van der Waals surface area contributed by atoms with Gasteiger partial charge < -0.3 is 28.9 Å². The number of hydrogen-bond donors (Lipinski definition) is 0. The van der Waals surface area contributed by atoms with Gasteiger partial charge in [-0.2, -0.15) is 0 Å². The molecule has 2 aliphatic heterocycles. The molecule has 31 heavy (non-hydrogen) atoms. The number of esters is 1. The third-order valence-electron chi connectivity index (χ3n) is 5.54. The average Bonchev–Trinajstić information content (AvgIpc) is 2.74. The molecule has 8 nitrogen and oxygen atoms in total. The Morgan fingerprint density at radius 1 is 1.13 bits per heavy atom. The van der Waals surface area contributed by atoms with Crippen molar-refractivity contribution in [2.75, 3.05) is 60.2 Å². The summed E-state index contributed by atoms with van der Waals surface area (Å²) in [4.78, 5) is 23.2. The first kappa shape index (κ1) is 23.3. The maximum absolute atomic E-state index is 12.0. The largest absolute Gasteiger partial charge is 0.493 e. The van der Waals surface area contributed by atoms with Gasteiger partial charge in [-0.25, -0.2) is 4.99 Å². The Morgan fingerprint density at radius 2 is 1.87 bits per heavy atom. The zero-order valence-corrected chi connectivity index (χ0v) is 19.5. The predicted molar refractivity (Wildman–Crippen MR) is 121 cm³/mol. The van der Waals surface area contributed by atoms with Gasteiger partial charge in [0.05, 0.1) is 31.2 Å². The lowest BCUT2D eigenvalue weighted by molar-refractivity contribution is -0.156. The average molecular weight is 433 g/mol. The first-order chi connectivity index (χ1) is 14.8. The summed E-state index contributed by atoms with van der Waals surface area (Å²) in [6.45, 7) is 12.5. The number of nitrogens with zero attached hydrogens (tertiary/aromatic N) is 4. The van der Waals surface area contributed by atoms with Gasteiger partial charge in [0, 0.05) is 50.9 Å². The first-order valence-corrected chi connectivity index (χ1v) is 11.0. The number of fused-ring (bicyclic) bond motifs is 1. The fourth-order valence-electron chi connectivity index (χ4n) is 3.49. The van der Waals surface area contributed by atoms with E-state index >= 15 is 0 Å². The van der Waals surface area contributed by atoms with Crippen LogP contribution in [-0.4, -0.2) is 87.2 Å². The van der Waals surface area contributed by atoms with Crippen molar-refractivity contribution in [3.8, 4) is 11.5 Å². The molecule has 0 radical (unpaired) electrons. The van der Waals surface area contributed by atoms with Gasteiger partial charge in [0.15, 0.2) is 18.2 Å². The van der Waals surface area contributed by atoms with Crippen LogP contribution in [0, 0.1) is 5.41 Å². The minimum Gasteiger partial charge on any atom is -0.493 e. The molecule has 3 rings (SSSR count). The molecule has 2 heterocycles. The molecule has 0 aromatic heterocycles. The predicted octanol–water partition coefficient (Wildman–Crippen LogP) is 2.73. The van der Waals surface area contributed by atoms with Gasteiger partial charge in [0.25, 0.3) is 0 Å². The van der Waals surface area contributed by atoms with Crippen molar-refractivity contribution in [3.63, 3.8) is 0 Å². The summed E-state index contributed by atoms with van der Waals surface area (Å²) in [7, 11) is 3.82. The molecular weight excluding hydrogens is 396 g/mol. The minimum absolute atomic E-state index is 0.173. The smallest absolute Gasteiger partial charge is 0.312 e. The van der Waals surface area contributed by atoms with Crippen LogP contribution in [0.2, 0.25) is 0 Å². The van der Waals surface area contributed by atoms with E-state index in [4.69, 9.17) is 14.2 Å². The van der Waals surface area contributed by atoms with E-state index in [-0.39, 0.29) is 12.7 Å². The molecule has 172 valence electrons. The number of hydrogen-bond acceptors (Lipinski definition) is 8. The second-order valence-electron chi connectivity index (χ2n) is 9.28. The van der Waals surface area contributed by atoms with E-state index in [1.54, 1.807) is 13.4 Å². The van der Waals surface area contributed by atoms with Crippen LogP contribution in [0.5, 0.6) is 11.5 Å². The third-order valence-corrected chi connectivity index (χ3v) is 5.54. The molecule has 0 unspecified atom stereocenters. The highest BCUT2D eigenvalue weighted by molar-refractivity contribution is 5.75. The van der Waals surface area contributed by atoms with Crippen molar-refractivity contribution in [2.45, 2.75) is 33.7 Å². The lowest BCUT2D eigenvalue weighted by atomic mass is 9.98. The molecule has 0 amide bonds. The summed E-state index contributed by atoms with van der Waals surface area (Å²) in [6.07, 6.45) is 2.68. The molecule has 0 bridgehead atoms. The second-order valence-corrected chi connectivity index (χ2v) is 9.28. The van der Waals surface area contributed by atoms with E-state index in [1.165, 1.54) is 0 Å². The number of benzene rings is 1. The summed E-state index contributed by atoms with van der Waals surface area (Å²) >= 11 is 0. The topological polar surface area (TPSA) is 66.8 Å². The molecule has 1 aromatic rings. The van der Waals surface area contributed by atoms with Crippen LogP contribution in [0.4, 0.5) is 5.69 Å². The van der Waals surface area contributed by atoms with Gasteiger partial charge in [0.2, 0.25) is 0 Å². The summed E-state index contributed by atoms with van der Waals surface area (Å²) in [5, 5.41) is 0. The van der Waals surface area contributed by atoms with Gasteiger partial charge in [-0.15, -0.1) is 0 Å². The Bertz CT molecular complexity index is 783. The zero-order chi connectivity index (χ0) is 22.4. The number of ether oxygens (including phenoxy) is 3. The highest BCUT2D eigenvalue weighted by atomic mass is 16.5. The summed E-state index contributed by atoms with van der Waals surface area (Å²) < 4.78 is 17.0. The van der Waals surface area contributed by atoms with Crippen molar-refractivity contribution < 1.29 is 19.0 Å². The van der Waals surface area contributed by atoms with Crippen LogP contribution in [0.1, 0.15) is 32.8 Å². The molecule has 0 N–H and O–H groups in total. The van der Waals surface area contributed by atoms with Gasteiger partial charge in [-0.1, -0.05) is 0 Å². The van der Waals surface area contributed by atoms with Crippen molar-refractivity contribution in [3.05, 3.63) is 17.7 Å². The normalized spacial score (nSPS) is 17.4. The molecule has 2 aliphatic rings. The van der Waals surface area contributed by atoms with E-state index in [0.717, 1.165) is 50.4 Å². The number of rotatable bonds is 8. The van der Waals surface area contributed by atoms with Crippen LogP contribution in [0.15, 0.2) is 17.1 Å². The number of aliphatic imine (C=N–C) groups is 1. The van der Waals surface area contributed by atoms with Crippen LogP contribution < -0.4 is 9.47 Å². The SMILES string of the molecule is COc1cc2c(cc1OCCCN1CCN(C)CC1)N=CN(COC(=O)C(C)(C)C)C2. The number of piperazine rings is 1.